The summed E-state index contributed by atoms with van der Waals surface area (Å²) < 4.78 is 15.2. The summed E-state index contributed by atoms with van der Waals surface area (Å²) in [5, 5.41) is 10.6. The van der Waals surface area contributed by atoms with Crippen LogP contribution >= 0.6 is 0 Å². The Kier molecular flexibility index (Phi) is 3.33. The summed E-state index contributed by atoms with van der Waals surface area (Å²) in [6.45, 7) is 1.82. The molecular weight excluding hydrogens is 239 g/mol. The molecule has 1 atom stereocenters. The molecule has 8 nitrogen and oxygen atoms in total. The third-order valence-corrected chi connectivity index (χ3v) is 2.36. The van der Waals surface area contributed by atoms with Gasteiger partial charge in [-0.15, -0.1) is 10.2 Å². The molecule has 0 aromatic carbocycles. The standard InChI is InChI=1S/C9H13FN8/c1-5(8-17-13-4-18(8)2)14-7-6(10)3-12-9(15-7)16-11/h3-5H,11H2,1-2H3,(H2,12,14,15,16). The van der Waals surface area contributed by atoms with Gasteiger partial charge >= 0.3 is 0 Å². The molecule has 1 unspecified atom stereocenters. The average Bonchev–Trinajstić information content (AvgIpc) is 2.78. The van der Waals surface area contributed by atoms with Crippen molar-refractivity contribution in [1.82, 2.24) is 24.7 Å². The Morgan fingerprint density at radius 3 is 2.89 bits per heavy atom. The topological polar surface area (TPSA) is 107 Å². The second kappa shape index (κ2) is 4.92. The van der Waals surface area contributed by atoms with Crippen molar-refractivity contribution in [2.24, 2.45) is 12.9 Å². The van der Waals surface area contributed by atoms with Crippen molar-refractivity contribution in [3.8, 4) is 0 Å². The number of nitrogen functional groups attached to an aromatic ring is 1. The molecule has 2 rings (SSSR count). The summed E-state index contributed by atoms with van der Waals surface area (Å²) in [7, 11) is 1.80. The van der Waals surface area contributed by atoms with Crippen molar-refractivity contribution in [1.29, 1.82) is 0 Å². The number of hydrogen-bond donors (Lipinski definition) is 3. The molecule has 4 N–H and O–H groups in total. The Morgan fingerprint density at radius 1 is 1.50 bits per heavy atom. The molecule has 0 amide bonds. The van der Waals surface area contributed by atoms with Crippen LogP contribution in [0.4, 0.5) is 16.2 Å². The average molecular weight is 252 g/mol. The van der Waals surface area contributed by atoms with Crippen LogP contribution in [0.3, 0.4) is 0 Å². The lowest BCUT2D eigenvalue weighted by Gasteiger charge is -2.14. The van der Waals surface area contributed by atoms with Gasteiger partial charge in [-0.3, -0.25) is 5.43 Å². The number of nitrogens with two attached hydrogens (primary N) is 1. The minimum absolute atomic E-state index is 0.0495. The van der Waals surface area contributed by atoms with Gasteiger partial charge in [0.1, 0.15) is 6.33 Å². The highest BCUT2D eigenvalue weighted by Gasteiger charge is 2.14. The van der Waals surface area contributed by atoms with E-state index in [0.717, 1.165) is 6.20 Å². The molecule has 0 aliphatic heterocycles. The van der Waals surface area contributed by atoms with Crippen LogP contribution in [-0.4, -0.2) is 24.7 Å². The minimum Gasteiger partial charge on any atom is -0.358 e. The van der Waals surface area contributed by atoms with E-state index in [4.69, 9.17) is 5.84 Å². The molecule has 2 aromatic heterocycles. The first-order valence-electron chi connectivity index (χ1n) is 5.21. The van der Waals surface area contributed by atoms with Gasteiger partial charge in [-0.2, -0.15) is 4.98 Å². The minimum atomic E-state index is -0.567. The molecule has 9 heteroatoms. The Bertz CT molecular complexity index is 539. The lowest BCUT2D eigenvalue weighted by Crippen LogP contribution is -2.16. The van der Waals surface area contributed by atoms with E-state index >= 15 is 0 Å². The molecular formula is C9H13FN8. The quantitative estimate of drug-likeness (QED) is 0.527. The van der Waals surface area contributed by atoms with Crippen LogP contribution in [0.1, 0.15) is 18.8 Å². The number of hydrazine groups is 1. The Hall–Kier alpha value is -2.29. The fourth-order valence-electron chi connectivity index (χ4n) is 1.49. The smallest absolute Gasteiger partial charge is 0.239 e. The largest absolute Gasteiger partial charge is 0.358 e. The number of rotatable bonds is 4. The normalized spacial score (nSPS) is 12.2. The van der Waals surface area contributed by atoms with Crippen LogP contribution in [0.15, 0.2) is 12.5 Å². The van der Waals surface area contributed by atoms with E-state index < -0.39 is 5.82 Å². The van der Waals surface area contributed by atoms with Gasteiger partial charge in [0.05, 0.1) is 12.2 Å². The first-order chi connectivity index (χ1) is 8.61. The maximum Gasteiger partial charge on any atom is 0.239 e. The molecule has 96 valence electrons. The number of hydrogen-bond acceptors (Lipinski definition) is 7. The second-order valence-electron chi connectivity index (χ2n) is 3.70. The first kappa shape index (κ1) is 12.2. The van der Waals surface area contributed by atoms with Crippen molar-refractivity contribution >= 4 is 11.8 Å². The predicted octanol–water partition coefficient (Wildman–Crippen LogP) is 0.203. The third-order valence-electron chi connectivity index (χ3n) is 2.36. The van der Waals surface area contributed by atoms with E-state index in [2.05, 4.69) is 30.9 Å². The highest BCUT2D eigenvalue weighted by molar-refractivity contribution is 5.41. The number of anilines is 2. The van der Waals surface area contributed by atoms with Gasteiger partial charge < -0.3 is 9.88 Å². The second-order valence-corrected chi connectivity index (χ2v) is 3.70. The molecule has 0 radical (unpaired) electrons. The van der Waals surface area contributed by atoms with Crippen molar-refractivity contribution < 1.29 is 4.39 Å². The first-order valence-corrected chi connectivity index (χ1v) is 5.21. The predicted molar refractivity (Wildman–Crippen MR) is 62.8 cm³/mol. The van der Waals surface area contributed by atoms with Crippen LogP contribution in [0.25, 0.3) is 0 Å². The summed E-state index contributed by atoms with van der Waals surface area (Å²) in [6, 6.07) is -0.257. The summed E-state index contributed by atoms with van der Waals surface area (Å²) in [6.07, 6.45) is 2.60. The summed E-state index contributed by atoms with van der Waals surface area (Å²) in [5.41, 5.74) is 2.25. The molecule has 0 bridgehead atoms. The molecule has 0 aliphatic rings. The van der Waals surface area contributed by atoms with E-state index in [-0.39, 0.29) is 17.8 Å². The molecule has 2 heterocycles. The van der Waals surface area contributed by atoms with Gasteiger partial charge in [0.25, 0.3) is 0 Å². The van der Waals surface area contributed by atoms with E-state index in [1.165, 1.54) is 0 Å². The van der Waals surface area contributed by atoms with Crippen LogP contribution in [0.5, 0.6) is 0 Å². The molecule has 0 aliphatic carbocycles. The Labute approximate surface area is 102 Å². The van der Waals surface area contributed by atoms with Crippen molar-refractivity contribution in [2.45, 2.75) is 13.0 Å². The molecule has 0 fully saturated rings. The van der Waals surface area contributed by atoms with Gasteiger partial charge in [-0.05, 0) is 6.92 Å². The lowest BCUT2D eigenvalue weighted by molar-refractivity contribution is 0.610. The SMILES string of the molecule is CC(Nc1nc(NN)ncc1F)c1nncn1C. The number of nitrogens with one attached hydrogen (secondary N) is 2. The number of halogens is 1. The van der Waals surface area contributed by atoms with Crippen molar-refractivity contribution in [3.63, 3.8) is 0 Å². The molecule has 2 aromatic rings. The van der Waals surface area contributed by atoms with Gasteiger partial charge in [-0.1, -0.05) is 0 Å². The zero-order valence-electron chi connectivity index (χ0n) is 9.92. The van der Waals surface area contributed by atoms with Gasteiger partial charge in [0, 0.05) is 7.05 Å². The van der Waals surface area contributed by atoms with E-state index in [1.807, 2.05) is 6.92 Å². The lowest BCUT2D eigenvalue weighted by atomic mass is 10.3. The zero-order chi connectivity index (χ0) is 13.1. The zero-order valence-corrected chi connectivity index (χ0v) is 9.92. The van der Waals surface area contributed by atoms with Gasteiger partial charge in [0.15, 0.2) is 17.5 Å². The summed E-state index contributed by atoms with van der Waals surface area (Å²) in [4.78, 5) is 7.53. The van der Waals surface area contributed by atoms with Crippen LogP contribution in [0.2, 0.25) is 0 Å². The van der Waals surface area contributed by atoms with Gasteiger partial charge in [0.2, 0.25) is 5.95 Å². The Balaban J connectivity index is 2.21. The van der Waals surface area contributed by atoms with Crippen LogP contribution in [-0.2, 0) is 7.05 Å². The molecule has 0 saturated heterocycles. The fourth-order valence-corrected chi connectivity index (χ4v) is 1.49. The summed E-state index contributed by atoms with van der Waals surface area (Å²) >= 11 is 0. The third kappa shape index (κ3) is 2.35. The number of aromatic nitrogens is 5. The Morgan fingerprint density at radius 2 is 2.28 bits per heavy atom. The molecule has 18 heavy (non-hydrogen) atoms. The summed E-state index contributed by atoms with van der Waals surface area (Å²) in [5.74, 6) is 5.44. The highest BCUT2D eigenvalue weighted by Crippen LogP contribution is 2.18. The van der Waals surface area contributed by atoms with Crippen LogP contribution < -0.4 is 16.6 Å². The maximum absolute atomic E-state index is 13.5. The van der Waals surface area contributed by atoms with E-state index in [1.54, 1.807) is 17.9 Å². The maximum atomic E-state index is 13.5. The van der Waals surface area contributed by atoms with E-state index in [0.29, 0.717) is 5.82 Å². The fraction of sp³-hybridized carbons (Fsp3) is 0.333. The molecule has 0 saturated carbocycles. The number of aryl methyl sites for hydroxylation is 1. The monoisotopic (exact) mass is 252 g/mol. The highest BCUT2D eigenvalue weighted by atomic mass is 19.1. The van der Waals surface area contributed by atoms with Crippen molar-refractivity contribution in [3.05, 3.63) is 24.2 Å². The van der Waals surface area contributed by atoms with E-state index in [9.17, 15) is 4.39 Å². The number of nitrogens with zero attached hydrogens (tertiary/aromatic N) is 5. The van der Waals surface area contributed by atoms with Gasteiger partial charge in [-0.25, -0.2) is 15.2 Å². The van der Waals surface area contributed by atoms with Crippen molar-refractivity contribution in [2.75, 3.05) is 10.7 Å². The molecule has 0 spiro atoms. The van der Waals surface area contributed by atoms with Crippen LogP contribution in [0, 0.1) is 5.82 Å².